The molecule has 5 nitrogen and oxygen atoms in total. The molecule has 0 radical (unpaired) electrons. The summed E-state index contributed by atoms with van der Waals surface area (Å²) in [5.41, 5.74) is 0. The van der Waals surface area contributed by atoms with Crippen LogP contribution in [-0.4, -0.2) is 59.7 Å². The number of carbonyl (C=O) groups is 1. The second-order valence-electron chi connectivity index (χ2n) is 3.85. The summed E-state index contributed by atoms with van der Waals surface area (Å²) in [6.07, 6.45) is -0.652. The number of hydrogen-bond acceptors (Lipinski definition) is 5. The van der Waals surface area contributed by atoms with Crippen molar-refractivity contribution in [3.63, 3.8) is 0 Å². The van der Waals surface area contributed by atoms with E-state index in [4.69, 9.17) is 14.6 Å². The van der Waals surface area contributed by atoms with Gasteiger partial charge < -0.3 is 19.7 Å². The lowest BCUT2D eigenvalue weighted by Crippen LogP contribution is -2.30. The molecule has 0 amide bonds. The van der Waals surface area contributed by atoms with Gasteiger partial charge in [-0.25, -0.2) is 0 Å². The maximum absolute atomic E-state index is 10.8. The summed E-state index contributed by atoms with van der Waals surface area (Å²) in [4.78, 5) is 10.8. The van der Waals surface area contributed by atoms with Crippen molar-refractivity contribution in [1.82, 2.24) is 0 Å². The minimum atomic E-state index is -0.884. The Bertz CT molecular complexity index is 207. The van der Waals surface area contributed by atoms with Crippen molar-refractivity contribution in [3.05, 3.63) is 0 Å². The lowest BCUT2D eigenvalue weighted by atomic mass is 10.2. The Kier molecular flexibility index (Phi) is 7.74. The molecule has 0 aliphatic rings. The van der Waals surface area contributed by atoms with E-state index in [1.165, 1.54) is 11.8 Å². The van der Waals surface area contributed by atoms with Gasteiger partial charge in [0.1, 0.15) is 4.75 Å². The van der Waals surface area contributed by atoms with E-state index in [2.05, 4.69) is 0 Å². The standard InChI is InChI=1S/C10H20O5S/c1-10(2,9(12)13)16-7-8(11)6-15-5-4-14-3/h8,11H,4-7H2,1-3H3,(H,12,13). The first-order valence-electron chi connectivity index (χ1n) is 5.02. The SMILES string of the molecule is COCCOCC(O)CSC(C)(C)C(=O)O. The monoisotopic (exact) mass is 252 g/mol. The number of ether oxygens (including phenoxy) is 2. The molecule has 1 unspecified atom stereocenters. The van der Waals surface area contributed by atoms with Crippen LogP contribution in [0.5, 0.6) is 0 Å². The summed E-state index contributed by atoms with van der Waals surface area (Å²) < 4.78 is 9.02. The van der Waals surface area contributed by atoms with Gasteiger partial charge in [0.25, 0.3) is 0 Å². The highest BCUT2D eigenvalue weighted by Crippen LogP contribution is 2.25. The smallest absolute Gasteiger partial charge is 0.319 e. The second kappa shape index (κ2) is 7.89. The van der Waals surface area contributed by atoms with Crippen LogP contribution in [0.3, 0.4) is 0 Å². The third kappa shape index (κ3) is 7.05. The first-order valence-corrected chi connectivity index (χ1v) is 6.01. The minimum Gasteiger partial charge on any atom is -0.480 e. The average molecular weight is 252 g/mol. The number of aliphatic hydroxyl groups excluding tert-OH is 1. The number of methoxy groups -OCH3 is 1. The zero-order chi connectivity index (χ0) is 12.6. The Morgan fingerprint density at radius 1 is 1.44 bits per heavy atom. The zero-order valence-corrected chi connectivity index (χ0v) is 10.7. The third-order valence-corrected chi connectivity index (χ3v) is 3.34. The molecule has 2 N–H and O–H groups in total. The molecule has 0 rings (SSSR count). The number of aliphatic carboxylic acids is 1. The summed E-state index contributed by atoms with van der Waals surface area (Å²) >= 11 is 1.20. The van der Waals surface area contributed by atoms with Crippen LogP contribution in [-0.2, 0) is 14.3 Å². The van der Waals surface area contributed by atoms with Crippen molar-refractivity contribution in [2.45, 2.75) is 24.7 Å². The van der Waals surface area contributed by atoms with Crippen molar-refractivity contribution in [1.29, 1.82) is 0 Å². The fraction of sp³-hybridized carbons (Fsp3) is 0.900. The van der Waals surface area contributed by atoms with Gasteiger partial charge in [-0.1, -0.05) is 0 Å². The van der Waals surface area contributed by atoms with E-state index in [0.717, 1.165) is 0 Å². The molecule has 0 spiro atoms. The van der Waals surface area contributed by atoms with Crippen LogP contribution in [0.1, 0.15) is 13.8 Å². The number of carboxylic acids is 1. The molecule has 0 aromatic heterocycles. The largest absolute Gasteiger partial charge is 0.480 e. The fourth-order valence-electron chi connectivity index (χ4n) is 0.776. The molecule has 0 heterocycles. The molecule has 0 aliphatic carbocycles. The molecule has 16 heavy (non-hydrogen) atoms. The minimum absolute atomic E-state index is 0.200. The van der Waals surface area contributed by atoms with Crippen LogP contribution < -0.4 is 0 Å². The molecule has 0 bridgehead atoms. The van der Waals surface area contributed by atoms with E-state index in [9.17, 15) is 9.90 Å². The van der Waals surface area contributed by atoms with Crippen molar-refractivity contribution in [2.75, 3.05) is 32.7 Å². The molecule has 0 fully saturated rings. The van der Waals surface area contributed by atoms with Gasteiger partial charge in [-0.05, 0) is 13.8 Å². The van der Waals surface area contributed by atoms with Gasteiger partial charge in [-0.2, -0.15) is 0 Å². The highest BCUT2D eigenvalue weighted by molar-refractivity contribution is 8.01. The van der Waals surface area contributed by atoms with Crippen LogP contribution in [0.4, 0.5) is 0 Å². The van der Waals surface area contributed by atoms with Crippen LogP contribution in [0.25, 0.3) is 0 Å². The van der Waals surface area contributed by atoms with E-state index in [-0.39, 0.29) is 6.61 Å². The fourth-order valence-corrected chi connectivity index (χ4v) is 1.60. The lowest BCUT2D eigenvalue weighted by Gasteiger charge is -2.20. The van der Waals surface area contributed by atoms with E-state index in [0.29, 0.717) is 19.0 Å². The summed E-state index contributed by atoms with van der Waals surface area (Å²) in [5.74, 6) is -0.545. The quantitative estimate of drug-likeness (QED) is 0.585. The van der Waals surface area contributed by atoms with Crippen molar-refractivity contribution in [2.24, 2.45) is 0 Å². The Hall–Kier alpha value is -0.300. The molecule has 0 saturated carbocycles. The van der Waals surface area contributed by atoms with Gasteiger partial charge in [-0.15, -0.1) is 11.8 Å². The van der Waals surface area contributed by atoms with Gasteiger partial charge in [0.05, 0.1) is 25.9 Å². The van der Waals surface area contributed by atoms with Gasteiger partial charge in [-0.3, -0.25) is 4.79 Å². The summed E-state index contributed by atoms with van der Waals surface area (Å²) in [6.45, 7) is 4.34. The molecule has 0 saturated heterocycles. The first-order chi connectivity index (χ1) is 7.40. The first kappa shape index (κ1) is 15.7. The van der Waals surface area contributed by atoms with E-state index in [1.54, 1.807) is 21.0 Å². The van der Waals surface area contributed by atoms with Crippen LogP contribution in [0.2, 0.25) is 0 Å². The molecule has 0 aliphatic heterocycles. The molecule has 1 atom stereocenters. The van der Waals surface area contributed by atoms with Crippen LogP contribution in [0, 0.1) is 0 Å². The van der Waals surface area contributed by atoms with E-state index < -0.39 is 16.8 Å². The molecular weight excluding hydrogens is 232 g/mol. The number of thioether (sulfide) groups is 1. The highest BCUT2D eigenvalue weighted by Gasteiger charge is 2.28. The van der Waals surface area contributed by atoms with Crippen molar-refractivity contribution < 1.29 is 24.5 Å². The van der Waals surface area contributed by atoms with Gasteiger partial charge >= 0.3 is 5.97 Å². The van der Waals surface area contributed by atoms with Crippen LogP contribution in [0.15, 0.2) is 0 Å². The van der Waals surface area contributed by atoms with Gasteiger partial charge in [0, 0.05) is 12.9 Å². The van der Waals surface area contributed by atoms with Crippen LogP contribution >= 0.6 is 11.8 Å². The summed E-state index contributed by atoms with van der Waals surface area (Å²) in [5, 5.41) is 18.4. The van der Waals surface area contributed by atoms with Crippen molar-refractivity contribution >= 4 is 17.7 Å². The Morgan fingerprint density at radius 3 is 2.56 bits per heavy atom. The number of hydrogen-bond donors (Lipinski definition) is 2. The summed E-state index contributed by atoms with van der Waals surface area (Å²) in [7, 11) is 1.57. The number of rotatable bonds is 9. The zero-order valence-electron chi connectivity index (χ0n) is 9.93. The van der Waals surface area contributed by atoms with Gasteiger partial charge in [0.2, 0.25) is 0 Å². The molecular formula is C10H20O5S. The average Bonchev–Trinajstić information content (AvgIpc) is 2.21. The molecule has 96 valence electrons. The maximum atomic E-state index is 10.8. The molecule has 0 aromatic carbocycles. The Balaban J connectivity index is 3.64. The molecule has 0 aromatic rings. The highest BCUT2D eigenvalue weighted by atomic mass is 32.2. The topological polar surface area (TPSA) is 76.0 Å². The van der Waals surface area contributed by atoms with E-state index >= 15 is 0 Å². The Morgan fingerprint density at radius 2 is 2.06 bits per heavy atom. The summed E-state index contributed by atoms with van der Waals surface area (Å²) in [6, 6.07) is 0. The third-order valence-electron chi connectivity index (χ3n) is 1.89. The Labute approximate surface area is 100 Å². The van der Waals surface area contributed by atoms with Gasteiger partial charge in [0.15, 0.2) is 0 Å². The van der Waals surface area contributed by atoms with E-state index in [1.807, 2.05) is 0 Å². The lowest BCUT2D eigenvalue weighted by molar-refractivity contribution is -0.138. The normalized spacial score (nSPS) is 13.8. The number of aliphatic hydroxyl groups is 1. The molecule has 6 heteroatoms. The maximum Gasteiger partial charge on any atom is 0.319 e. The predicted octanol–water partition coefficient (Wildman–Crippen LogP) is 0.607. The number of carboxylic acid groups (broad SMARTS) is 1. The second-order valence-corrected chi connectivity index (χ2v) is 5.49. The predicted molar refractivity (Wildman–Crippen MR) is 62.9 cm³/mol. The van der Waals surface area contributed by atoms with Crippen molar-refractivity contribution in [3.8, 4) is 0 Å².